The van der Waals surface area contributed by atoms with Crippen molar-refractivity contribution in [1.82, 2.24) is 19.7 Å². The lowest BCUT2D eigenvalue weighted by Gasteiger charge is -2.06. The maximum absolute atomic E-state index is 12.4. The van der Waals surface area contributed by atoms with E-state index < -0.39 is 0 Å². The molecule has 0 amide bonds. The summed E-state index contributed by atoms with van der Waals surface area (Å²) in [5, 5.41) is 4.40. The van der Waals surface area contributed by atoms with Gasteiger partial charge in [0.25, 0.3) is 0 Å². The summed E-state index contributed by atoms with van der Waals surface area (Å²) in [7, 11) is 0. The molecule has 4 aromatic rings. The van der Waals surface area contributed by atoms with Gasteiger partial charge in [-0.25, -0.2) is 9.97 Å². The van der Waals surface area contributed by atoms with Gasteiger partial charge < -0.3 is 0 Å². The van der Waals surface area contributed by atoms with Crippen molar-refractivity contribution < 1.29 is 4.79 Å². The Kier molecular flexibility index (Phi) is 4.35. The smallest absolute Gasteiger partial charge is 0.216 e. The third-order valence-electron chi connectivity index (χ3n) is 4.07. The molecule has 0 saturated carbocycles. The van der Waals surface area contributed by atoms with Gasteiger partial charge >= 0.3 is 0 Å². The van der Waals surface area contributed by atoms with E-state index >= 15 is 0 Å². The highest BCUT2D eigenvalue weighted by Crippen LogP contribution is 2.20. The van der Waals surface area contributed by atoms with Crippen molar-refractivity contribution in [2.45, 2.75) is 6.54 Å². The van der Waals surface area contributed by atoms with Crippen molar-refractivity contribution in [3.05, 3.63) is 102 Å². The Bertz CT molecular complexity index is 1030. The number of benzene rings is 2. The summed E-state index contributed by atoms with van der Waals surface area (Å²) < 4.78 is 1.77. The van der Waals surface area contributed by atoms with Crippen LogP contribution in [0.25, 0.3) is 11.1 Å². The molecular weight excluding hydrogens is 324 g/mol. The molecule has 5 nitrogen and oxygen atoms in total. The van der Waals surface area contributed by atoms with E-state index in [-0.39, 0.29) is 5.78 Å². The summed E-state index contributed by atoms with van der Waals surface area (Å²) in [6, 6.07) is 20.3. The van der Waals surface area contributed by atoms with E-state index in [2.05, 4.69) is 45.4 Å². The standard InChI is InChI=1S/C21H16N4O/c26-21(19-12-22-15-23-13-19)20-9-10-25(24-20)14-16-5-4-8-18(11-16)17-6-2-1-3-7-17/h1-13,15H,14H2. The predicted molar refractivity (Wildman–Crippen MR) is 98.7 cm³/mol. The lowest BCUT2D eigenvalue weighted by Crippen LogP contribution is -2.06. The van der Waals surface area contributed by atoms with Crippen LogP contribution < -0.4 is 0 Å². The molecule has 0 fully saturated rings. The molecule has 2 aromatic carbocycles. The van der Waals surface area contributed by atoms with Gasteiger partial charge in [0.2, 0.25) is 5.78 Å². The molecular formula is C21H16N4O. The van der Waals surface area contributed by atoms with Gasteiger partial charge in [-0.2, -0.15) is 5.10 Å². The van der Waals surface area contributed by atoms with Gasteiger partial charge in [0.1, 0.15) is 12.0 Å². The van der Waals surface area contributed by atoms with Crippen LogP contribution in [0.1, 0.15) is 21.6 Å². The molecule has 0 saturated heterocycles. The molecule has 0 spiro atoms. The number of carbonyl (C=O) groups excluding carboxylic acids is 1. The fraction of sp³-hybridized carbons (Fsp3) is 0.0476. The molecule has 0 aliphatic heterocycles. The monoisotopic (exact) mass is 340 g/mol. The molecule has 26 heavy (non-hydrogen) atoms. The molecule has 0 aliphatic carbocycles. The van der Waals surface area contributed by atoms with Crippen LogP contribution >= 0.6 is 0 Å². The zero-order valence-corrected chi connectivity index (χ0v) is 14.0. The first-order valence-corrected chi connectivity index (χ1v) is 8.27. The van der Waals surface area contributed by atoms with Crippen LogP contribution in [0, 0.1) is 0 Å². The second-order valence-electron chi connectivity index (χ2n) is 5.92. The summed E-state index contributed by atoms with van der Waals surface area (Å²) in [5.41, 5.74) is 4.28. The second-order valence-corrected chi connectivity index (χ2v) is 5.92. The van der Waals surface area contributed by atoms with Crippen molar-refractivity contribution >= 4 is 5.78 Å². The Morgan fingerprint density at radius 2 is 1.65 bits per heavy atom. The molecule has 2 heterocycles. The number of carbonyl (C=O) groups is 1. The minimum Gasteiger partial charge on any atom is -0.287 e. The van der Waals surface area contributed by atoms with Crippen LogP contribution in [0.4, 0.5) is 0 Å². The third-order valence-corrected chi connectivity index (χ3v) is 4.07. The fourth-order valence-corrected chi connectivity index (χ4v) is 2.80. The molecule has 126 valence electrons. The van der Waals surface area contributed by atoms with Gasteiger partial charge in [0.05, 0.1) is 12.1 Å². The first-order chi connectivity index (χ1) is 12.8. The van der Waals surface area contributed by atoms with Crippen molar-refractivity contribution in [1.29, 1.82) is 0 Å². The van der Waals surface area contributed by atoms with Crippen molar-refractivity contribution in [2.24, 2.45) is 0 Å². The Morgan fingerprint density at radius 3 is 2.46 bits per heavy atom. The van der Waals surface area contributed by atoms with Gasteiger partial charge in [-0.05, 0) is 28.8 Å². The molecule has 0 N–H and O–H groups in total. The highest BCUT2D eigenvalue weighted by Gasteiger charge is 2.13. The Hall–Kier alpha value is -3.60. The van der Waals surface area contributed by atoms with Crippen LogP contribution in [-0.2, 0) is 6.54 Å². The molecule has 4 rings (SSSR count). The minimum absolute atomic E-state index is 0.178. The predicted octanol–water partition coefficient (Wildman–Crippen LogP) is 3.62. The van der Waals surface area contributed by atoms with Gasteiger partial charge in [0.15, 0.2) is 0 Å². The zero-order chi connectivity index (χ0) is 17.8. The van der Waals surface area contributed by atoms with Gasteiger partial charge in [0, 0.05) is 18.6 Å². The lowest BCUT2D eigenvalue weighted by atomic mass is 10.0. The molecule has 5 heteroatoms. The Balaban J connectivity index is 1.54. The normalized spacial score (nSPS) is 10.6. The minimum atomic E-state index is -0.178. The maximum Gasteiger partial charge on any atom is 0.216 e. The van der Waals surface area contributed by atoms with E-state index in [1.807, 2.05) is 30.5 Å². The summed E-state index contributed by atoms with van der Waals surface area (Å²) in [6.45, 7) is 0.596. The lowest BCUT2D eigenvalue weighted by molar-refractivity contribution is 0.103. The Morgan fingerprint density at radius 1 is 0.885 bits per heavy atom. The summed E-state index contributed by atoms with van der Waals surface area (Å²) in [4.78, 5) is 20.2. The first-order valence-electron chi connectivity index (χ1n) is 8.27. The highest BCUT2D eigenvalue weighted by atomic mass is 16.1. The number of rotatable bonds is 5. The van der Waals surface area contributed by atoms with Crippen molar-refractivity contribution in [3.8, 4) is 11.1 Å². The average Bonchev–Trinajstić information content (AvgIpc) is 3.17. The van der Waals surface area contributed by atoms with E-state index in [0.717, 1.165) is 11.1 Å². The van der Waals surface area contributed by atoms with Crippen molar-refractivity contribution in [2.75, 3.05) is 0 Å². The number of ketones is 1. The van der Waals surface area contributed by atoms with Gasteiger partial charge in [-0.15, -0.1) is 0 Å². The first kappa shape index (κ1) is 15.9. The molecule has 0 aliphatic rings. The molecule has 2 aromatic heterocycles. The van der Waals surface area contributed by atoms with Crippen molar-refractivity contribution in [3.63, 3.8) is 0 Å². The van der Waals surface area contributed by atoms with E-state index in [0.29, 0.717) is 17.8 Å². The Labute approximate surface area is 151 Å². The van der Waals surface area contributed by atoms with E-state index in [9.17, 15) is 4.79 Å². The quantitative estimate of drug-likeness (QED) is 0.521. The highest BCUT2D eigenvalue weighted by molar-refractivity contribution is 6.07. The maximum atomic E-state index is 12.4. The number of hydrogen-bond donors (Lipinski definition) is 0. The third kappa shape index (κ3) is 3.42. The van der Waals surface area contributed by atoms with Gasteiger partial charge in [-0.3, -0.25) is 9.48 Å². The molecule has 0 atom stereocenters. The summed E-state index contributed by atoms with van der Waals surface area (Å²) >= 11 is 0. The van der Waals surface area contributed by atoms with E-state index in [1.54, 1.807) is 10.7 Å². The van der Waals surface area contributed by atoms with Crippen LogP contribution in [0.5, 0.6) is 0 Å². The van der Waals surface area contributed by atoms with Crippen LogP contribution in [0.15, 0.2) is 85.6 Å². The topological polar surface area (TPSA) is 60.7 Å². The van der Waals surface area contributed by atoms with Crippen LogP contribution in [0.3, 0.4) is 0 Å². The van der Waals surface area contributed by atoms with E-state index in [4.69, 9.17) is 0 Å². The van der Waals surface area contributed by atoms with Crippen LogP contribution in [0.2, 0.25) is 0 Å². The van der Waals surface area contributed by atoms with Gasteiger partial charge in [-0.1, -0.05) is 48.5 Å². The number of nitrogens with zero attached hydrogens (tertiary/aromatic N) is 4. The fourth-order valence-electron chi connectivity index (χ4n) is 2.80. The summed E-state index contributed by atoms with van der Waals surface area (Å²) in [5.74, 6) is -0.178. The van der Waals surface area contributed by atoms with E-state index in [1.165, 1.54) is 24.3 Å². The number of hydrogen-bond acceptors (Lipinski definition) is 4. The average molecular weight is 340 g/mol. The van der Waals surface area contributed by atoms with Crippen LogP contribution in [-0.4, -0.2) is 25.5 Å². The molecule has 0 unspecified atom stereocenters. The molecule has 0 radical (unpaired) electrons. The SMILES string of the molecule is O=C(c1cncnc1)c1ccn(Cc2cccc(-c3ccccc3)c2)n1. The molecule has 0 bridgehead atoms. The largest absolute Gasteiger partial charge is 0.287 e. The number of aromatic nitrogens is 4. The second kappa shape index (κ2) is 7.11. The zero-order valence-electron chi connectivity index (χ0n) is 14.0. The summed E-state index contributed by atoms with van der Waals surface area (Å²) in [6.07, 6.45) is 6.21.